The maximum Gasteiger partial charge on any atom is 0.311 e. The average Bonchev–Trinajstić information content (AvgIpc) is 2.56. The van der Waals surface area contributed by atoms with E-state index < -0.39 is 10.9 Å². The summed E-state index contributed by atoms with van der Waals surface area (Å²) in [5, 5.41) is 19.6. The number of hydrogen-bond donors (Lipinski definition) is 1. The summed E-state index contributed by atoms with van der Waals surface area (Å²) in [7, 11) is 0. The van der Waals surface area contributed by atoms with Crippen molar-refractivity contribution in [3.63, 3.8) is 0 Å². The second-order valence-corrected chi connectivity index (χ2v) is 3.26. The quantitative estimate of drug-likeness (QED) is 0.631. The van der Waals surface area contributed by atoms with Gasteiger partial charge in [0.1, 0.15) is 17.8 Å². The van der Waals surface area contributed by atoms with Gasteiger partial charge in [0.15, 0.2) is 0 Å². The molecule has 0 unspecified atom stereocenters. The third kappa shape index (κ3) is 1.85. The van der Waals surface area contributed by atoms with Gasteiger partial charge in [-0.15, -0.1) is 0 Å². The molecule has 1 heterocycles. The number of aliphatic carboxylic acids is 1. The first-order valence-corrected chi connectivity index (χ1v) is 4.45. The van der Waals surface area contributed by atoms with Crippen molar-refractivity contribution in [1.29, 1.82) is 0 Å². The Hall–Kier alpha value is -2.37. The van der Waals surface area contributed by atoms with Crippen LogP contribution in [-0.4, -0.2) is 16.0 Å². The Bertz CT molecular complexity index is 572. The Kier molecular flexibility index (Phi) is 2.32. The van der Waals surface area contributed by atoms with Crippen molar-refractivity contribution in [1.82, 2.24) is 0 Å². The fourth-order valence-corrected chi connectivity index (χ4v) is 1.44. The van der Waals surface area contributed by atoms with E-state index in [1.165, 1.54) is 24.3 Å². The molecule has 0 atom stereocenters. The standard InChI is InChI=1S/C10H7NO5/c12-10(13)5-8-4-6-3-7(11(14)15)1-2-9(6)16-8/h1-4H,5H2,(H,12,13). The van der Waals surface area contributed by atoms with Crippen LogP contribution >= 0.6 is 0 Å². The number of carboxylic acid groups (broad SMARTS) is 1. The first kappa shape index (κ1) is 10.2. The van der Waals surface area contributed by atoms with E-state index in [0.717, 1.165) is 0 Å². The second-order valence-electron chi connectivity index (χ2n) is 3.26. The van der Waals surface area contributed by atoms with Crippen LogP contribution in [0.1, 0.15) is 5.76 Å². The summed E-state index contributed by atoms with van der Waals surface area (Å²) in [6.07, 6.45) is -0.234. The number of furan rings is 1. The zero-order valence-corrected chi connectivity index (χ0v) is 8.04. The molecule has 16 heavy (non-hydrogen) atoms. The number of nitro benzene ring substituents is 1. The smallest absolute Gasteiger partial charge is 0.311 e. The van der Waals surface area contributed by atoms with Crippen LogP contribution in [0, 0.1) is 10.1 Å². The van der Waals surface area contributed by atoms with Gasteiger partial charge in [-0.1, -0.05) is 0 Å². The predicted octanol–water partition coefficient (Wildman–Crippen LogP) is 1.97. The van der Waals surface area contributed by atoms with Gasteiger partial charge in [0, 0.05) is 17.5 Å². The van der Waals surface area contributed by atoms with Gasteiger partial charge < -0.3 is 9.52 Å². The Balaban J connectivity index is 2.45. The van der Waals surface area contributed by atoms with E-state index in [4.69, 9.17) is 9.52 Å². The molecule has 0 spiro atoms. The van der Waals surface area contributed by atoms with Crippen molar-refractivity contribution in [2.75, 3.05) is 0 Å². The van der Waals surface area contributed by atoms with E-state index >= 15 is 0 Å². The highest BCUT2D eigenvalue weighted by molar-refractivity contribution is 5.81. The largest absolute Gasteiger partial charge is 0.481 e. The predicted molar refractivity (Wildman–Crippen MR) is 54.2 cm³/mol. The highest BCUT2D eigenvalue weighted by Gasteiger charge is 2.11. The van der Waals surface area contributed by atoms with Crippen LogP contribution in [0.25, 0.3) is 11.0 Å². The number of carboxylic acids is 1. The molecule has 0 aliphatic carbocycles. The SMILES string of the molecule is O=C(O)Cc1cc2cc([N+](=O)[O-])ccc2o1. The Labute approximate surface area is 89.2 Å². The van der Waals surface area contributed by atoms with Crippen molar-refractivity contribution < 1.29 is 19.2 Å². The van der Waals surface area contributed by atoms with Gasteiger partial charge in [0.05, 0.1) is 4.92 Å². The number of fused-ring (bicyclic) bond motifs is 1. The molecule has 0 fully saturated rings. The molecule has 0 saturated carbocycles. The van der Waals surface area contributed by atoms with Crippen molar-refractivity contribution in [2.24, 2.45) is 0 Å². The molecule has 0 saturated heterocycles. The van der Waals surface area contributed by atoms with Gasteiger partial charge >= 0.3 is 5.97 Å². The number of carbonyl (C=O) groups is 1. The van der Waals surface area contributed by atoms with Gasteiger partial charge in [-0.3, -0.25) is 14.9 Å². The monoisotopic (exact) mass is 221 g/mol. The maximum atomic E-state index is 10.5. The fourth-order valence-electron chi connectivity index (χ4n) is 1.44. The maximum absolute atomic E-state index is 10.5. The molecule has 82 valence electrons. The lowest BCUT2D eigenvalue weighted by Gasteiger charge is -1.89. The summed E-state index contributed by atoms with van der Waals surface area (Å²) >= 11 is 0. The molecule has 1 N–H and O–H groups in total. The summed E-state index contributed by atoms with van der Waals surface area (Å²) in [6, 6.07) is 5.62. The second kappa shape index (κ2) is 3.65. The van der Waals surface area contributed by atoms with Crippen LogP contribution in [0.2, 0.25) is 0 Å². The summed E-state index contributed by atoms with van der Waals surface area (Å²) in [4.78, 5) is 20.5. The molecule has 6 nitrogen and oxygen atoms in total. The van der Waals surface area contributed by atoms with Crippen molar-refractivity contribution >= 4 is 22.6 Å². The molecule has 1 aromatic carbocycles. The van der Waals surface area contributed by atoms with E-state index in [1.54, 1.807) is 0 Å². The van der Waals surface area contributed by atoms with Crippen molar-refractivity contribution in [3.8, 4) is 0 Å². The van der Waals surface area contributed by atoms with Gasteiger partial charge in [0.2, 0.25) is 0 Å². The summed E-state index contributed by atoms with van der Waals surface area (Å²) in [6.45, 7) is 0. The van der Waals surface area contributed by atoms with E-state index in [2.05, 4.69) is 0 Å². The number of non-ortho nitro benzene ring substituents is 1. The molecule has 1 aromatic heterocycles. The molecule has 0 aliphatic rings. The summed E-state index contributed by atoms with van der Waals surface area (Å²) in [5.41, 5.74) is 0.400. The summed E-state index contributed by atoms with van der Waals surface area (Å²) < 4.78 is 5.21. The van der Waals surface area contributed by atoms with Crippen LogP contribution in [0.15, 0.2) is 28.7 Å². The zero-order chi connectivity index (χ0) is 11.7. The number of hydrogen-bond acceptors (Lipinski definition) is 4. The zero-order valence-electron chi connectivity index (χ0n) is 8.04. The minimum absolute atomic E-state index is 0.0461. The van der Waals surface area contributed by atoms with Crippen LogP contribution in [0.3, 0.4) is 0 Å². The Morgan fingerprint density at radius 3 is 2.81 bits per heavy atom. The molecular weight excluding hydrogens is 214 g/mol. The van der Waals surface area contributed by atoms with Crippen LogP contribution in [0.4, 0.5) is 5.69 Å². The molecule has 0 bridgehead atoms. The number of nitrogens with zero attached hydrogens (tertiary/aromatic N) is 1. The third-order valence-electron chi connectivity index (χ3n) is 2.09. The number of rotatable bonds is 3. The van der Waals surface area contributed by atoms with Gasteiger partial charge in [0.25, 0.3) is 5.69 Å². The first-order chi connectivity index (χ1) is 7.56. The van der Waals surface area contributed by atoms with E-state index in [-0.39, 0.29) is 17.9 Å². The molecule has 0 radical (unpaired) electrons. The highest BCUT2D eigenvalue weighted by atomic mass is 16.6. The average molecular weight is 221 g/mol. The topological polar surface area (TPSA) is 93.6 Å². The van der Waals surface area contributed by atoms with Crippen molar-refractivity contribution in [2.45, 2.75) is 6.42 Å². The number of nitro groups is 1. The molecular formula is C10H7NO5. The van der Waals surface area contributed by atoms with Crippen LogP contribution in [-0.2, 0) is 11.2 Å². The molecule has 6 heteroatoms. The van der Waals surface area contributed by atoms with Gasteiger partial charge in [-0.2, -0.15) is 0 Å². The van der Waals surface area contributed by atoms with Crippen molar-refractivity contribution in [3.05, 3.63) is 40.1 Å². The van der Waals surface area contributed by atoms with E-state index in [1.807, 2.05) is 0 Å². The normalized spacial score (nSPS) is 10.5. The van der Waals surface area contributed by atoms with Gasteiger partial charge in [-0.25, -0.2) is 0 Å². The first-order valence-electron chi connectivity index (χ1n) is 4.45. The lowest BCUT2D eigenvalue weighted by molar-refractivity contribution is -0.384. The molecule has 0 aliphatic heterocycles. The Morgan fingerprint density at radius 1 is 1.44 bits per heavy atom. The fraction of sp³-hybridized carbons (Fsp3) is 0.100. The third-order valence-corrected chi connectivity index (χ3v) is 2.09. The molecule has 2 rings (SSSR count). The minimum Gasteiger partial charge on any atom is -0.481 e. The van der Waals surface area contributed by atoms with E-state index in [9.17, 15) is 14.9 Å². The van der Waals surface area contributed by atoms with Crippen LogP contribution < -0.4 is 0 Å². The lowest BCUT2D eigenvalue weighted by atomic mass is 10.2. The van der Waals surface area contributed by atoms with Crippen LogP contribution in [0.5, 0.6) is 0 Å². The summed E-state index contributed by atoms with van der Waals surface area (Å²) in [5.74, 6) is -0.725. The van der Waals surface area contributed by atoms with E-state index in [0.29, 0.717) is 11.0 Å². The minimum atomic E-state index is -1.01. The highest BCUT2D eigenvalue weighted by Crippen LogP contribution is 2.24. The number of benzene rings is 1. The lowest BCUT2D eigenvalue weighted by Crippen LogP contribution is -1.97. The molecule has 0 amide bonds. The Morgan fingerprint density at radius 2 is 2.19 bits per heavy atom. The van der Waals surface area contributed by atoms with Gasteiger partial charge in [-0.05, 0) is 12.1 Å². The molecule has 2 aromatic rings.